The number of ether oxygens (including phenoxy) is 1. The highest BCUT2D eigenvalue weighted by molar-refractivity contribution is 5.49. The Morgan fingerprint density at radius 3 is 3.11 bits per heavy atom. The minimum atomic E-state index is -0.476. The monoisotopic (exact) mass is 248 g/mol. The largest absolute Gasteiger partial charge is 0.360 e. The number of morpholine rings is 1. The number of aryl methyl sites for hydroxylation is 1. The van der Waals surface area contributed by atoms with Crippen molar-refractivity contribution in [2.24, 2.45) is 0 Å². The zero-order valence-corrected chi connectivity index (χ0v) is 9.87. The maximum absolute atomic E-state index is 10.7. The summed E-state index contributed by atoms with van der Waals surface area (Å²) >= 11 is 0. The van der Waals surface area contributed by atoms with E-state index >= 15 is 0 Å². The molecule has 0 radical (unpaired) electrons. The number of nitrogens with zero attached hydrogens (tertiary/aromatic N) is 4. The Kier molecular flexibility index (Phi) is 3.39. The molecule has 0 spiro atoms. The zero-order valence-electron chi connectivity index (χ0n) is 9.87. The summed E-state index contributed by atoms with van der Waals surface area (Å²) in [7, 11) is 0. The number of hydrogen-bond donors (Lipinski definition) is 0. The summed E-state index contributed by atoms with van der Waals surface area (Å²) in [6.45, 7) is 3.19. The summed E-state index contributed by atoms with van der Waals surface area (Å²) in [4.78, 5) is 16.2. The normalized spacial score (nSPS) is 19.3. The second kappa shape index (κ2) is 4.98. The highest BCUT2D eigenvalue weighted by Crippen LogP contribution is 2.22. The first-order chi connectivity index (χ1) is 8.61. The third kappa shape index (κ3) is 2.38. The van der Waals surface area contributed by atoms with Crippen LogP contribution in [0.1, 0.15) is 5.56 Å². The molecule has 0 bridgehead atoms. The topological polar surface area (TPSA) is 92.3 Å². The van der Waals surface area contributed by atoms with Gasteiger partial charge in [0.15, 0.2) is 6.10 Å². The number of anilines is 1. The van der Waals surface area contributed by atoms with E-state index in [2.05, 4.69) is 4.98 Å². The van der Waals surface area contributed by atoms with E-state index in [1.807, 2.05) is 11.0 Å². The number of hydrogen-bond acceptors (Lipinski definition) is 6. The van der Waals surface area contributed by atoms with Gasteiger partial charge in [0.25, 0.3) is 5.69 Å². The molecule has 2 rings (SSSR count). The number of nitro groups is 1. The molecule has 7 nitrogen and oxygen atoms in total. The molecule has 1 aliphatic rings. The molecule has 1 fully saturated rings. The molecule has 0 aliphatic carbocycles. The van der Waals surface area contributed by atoms with E-state index in [1.54, 1.807) is 13.0 Å². The van der Waals surface area contributed by atoms with Gasteiger partial charge in [-0.15, -0.1) is 0 Å². The summed E-state index contributed by atoms with van der Waals surface area (Å²) in [5.74, 6) is 0.640. The molecule has 1 aliphatic heterocycles. The molecule has 94 valence electrons. The maximum atomic E-state index is 10.7. The van der Waals surface area contributed by atoms with Crippen LogP contribution in [-0.4, -0.2) is 35.7 Å². The van der Waals surface area contributed by atoms with Crippen molar-refractivity contribution in [3.63, 3.8) is 0 Å². The molecule has 0 unspecified atom stereocenters. The summed E-state index contributed by atoms with van der Waals surface area (Å²) in [6, 6.07) is 3.71. The average molecular weight is 248 g/mol. The van der Waals surface area contributed by atoms with Crippen LogP contribution in [0.25, 0.3) is 0 Å². The molecule has 2 heterocycles. The first kappa shape index (κ1) is 12.3. The first-order valence-corrected chi connectivity index (χ1v) is 5.49. The van der Waals surface area contributed by atoms with Crippen molar-refractivity contribution in [2.75, 3.05) is 24.6 Å². The molecular weight excluding hydrogens is 236 g/mol. The standard InChI is InChI=1S/C11H12N4O3/c1-8-4-11(13-6-10(8)15(16)17)14-2-3-18-9(5-12)7-14/h4,6,9H,2-3,7H2,1H3/t9-/m1/s1. The van der Waals surface area contributed by atoms with Gasteiger partial charge < -0.3 is 9.64 Å². The van der Waals surface area contributed by atoms with E-state index < -0.39 is 11.0 Å². The molecular formula is C11H12N4O3. The Labute approximate surface area is 104 Å². The molecule has 18 heavy (non-hydrogen) atoms. The van der Waals surface area contributed by atoms with Crippen LogP contribution in [0.4, 0.5) is 11.5 Å². The van der Waals surface area contributed by atoms with Gasteiger partial charge >= 0.3 is 0 Å². The lowest BCUT2D eigenvalue weighted by atomic mass is 10.2. The Morgan fingerprint density at radius 1 is 1.72 bits per heavy atom. The molecule has 0 saturated carbocycles. The van der Waals surface area contributed by atoms with E-state index in [-0.39, 0.29) is 5.69 Å². The first-order valence-electron chi connectivity index (χ1n) is 5.49. The van der Waals surface area contributed by atoms with Gasteiger partial charge in [0, 0.05) is 12.1 Å². The Bertz CT molecular complexity index is 512. The predicted octanol–water partition coefficient (Wildman–Crippen LogP) is 1.03. The molecule has 1 saturated heterocycles. The Hall–Kier alpha value is -2.20. The summed E-state index contributed by atoms with van der Waals surface area (Å²) in [5, 5.41) is 19.5. The second-order valence-electron chi connectivity index (χ2n) is 4.02. The van der Waals surface area contributed by atoms with Crippen molar-refractivity contribution in [1.29, 1.82) is 5.26 Å². The number of aromatic nitrogens is 1. The van der Waals surface area contributed by atoms with Gasteiger partial charge in [-0.25, -0.2) is 4.98 Å². The van der Waals surface area contributed by atoms with Gasteiger partial charge in [-0.3, -0.25) is 10.1 Å². The van der Waals surface area contributed by atoms with Gasteiger partial charge in [0.2, 0.25) is 0 Å². The fourth-order valence-electron chi connectivity index (χ4n) is 1.83. The predicted molar refractivity (Wildman–Crippen MR) is 63.2 cm³/mol. The summed E-state index contributed by atoms with van der Waals surface area (Å²) in [6.07, 6.45) is 0.776. The zero-order chi connectivity index (χ0) is 13.1. The van der Waals surface area contributed by atoms with Gasteiger partial charge in [0.05, 0.1) is 24.1 Å². The molecule has 0 aromatic carbocycles. The SMILES string of the molecule is Cc1cc(N2CCO[C@H](C#N)C2)ncc1[N+](=O)[O-]. The molecule has 1 aromatic heterocycles. The van der Waals surface area contributed by atoms with Gasteiger partial charge in [-0.2, -0.15) is 5.26 Å². The third-order valence-electron chi connectivity index (χ3n) is 2.80. The minimum Gasteiger partial charge on any atom is -0.360 e. The van der Waals surface area contributed by atoms with E-state index in [0.29, 0.717) is 31.1 Å². The highest BCUT2D eigenvalue weighted by Gasteiger charge is 2.22. The summed E-state index contributed by atoms with van der Waals surface area (Å²) < 4.78 is 5.23. The molecule has 0 N–H and O–H groups in total. The molecule has 7 heteroatoms. The maximum Gasteiger partial charge on any atom is 0.290 e. The van der Waals surface area contributed by atoms with Crippen LogP contribution in [0, 0.1) is 28.4 Å². The van der Waals surface area contributed by atoms with Crippen molar-refractivity contribution in [2.45, 2.75) is 13.0 Å². The highest BCUT2D eigenvalue weighted by atomic mass is 16.6. The van der Waals surface area contributed by atoms with Crippen LogP contribution in [0.5, 0.6) is 0 Å². The van der Waals surface area contributed by atoms with Crippen LogP contribution in [0.2, 0.25) is 0 Å². The van der Waals surface area contributed by atoms with Crippen molar-refractivity contribution in [1.82, 2.24) is 4.98 Å². The van der Waals surface area contributed by atoms with Crippen molar-refractivity contribution in [3.8, 4) is 6.07 Å². The number of nitriles is 1. The van der Waals surface area contributed by atoms with Crippen LogP contribution >= 0.6 is 0 Å². The molecule has 0 amide bonds. The van der Waals surface area contributed by atoms with E-state index in [1.165, 1.54) is 6.20 Å². The summed E-state index contributed by atoms with van der Waals surface area (Å²) in [5.41, 5.74) is 0.564. The molecule has 1 atom stereocenters. The lowest BCUT2D eigenvalue weighted by Crippen LogP contribution is -2.42. The van der Waals surface area contributed by atoms with E-state index in [0.717, 1.165) is 0 Å². The second-order valence-corrected chi connectivity index (χ2v) is 4.02. The van der Waals surface area contributed by atoms with Crippen LogP contribution in [-0.2, 0) is 4.74 Å². The van der Waals surface area contributed by atoms with Crippen molar-refractivity contribution in [3.05, 3.63) is 27.9 Å². The smallest absolute Gasteiger partial charge is 0.290 e. The number of rotatable bonds is 2. The third-order valence-corrected chi connectivity index (χ3v) is 2.80. The molecule has 1 aromatic rings. The van der Waals surface area contributed by atoms with Gasteiger partial charge in [-0.05, 0) is 13.0 Å². The van der Waals surface area contributed by atoms with Crippen LogP contribution in [0.3, 0.4) is 0 Å². The van der Waals surface area contributed by atoms with E-state index in [9.17, 15) is 10.1 Å². The van der Waals surface area contributed by atoms with Crippen LogP contribution in [0.15, 0.2) is 12.3 Å². The van der Waals surface area contributed by atoms with E-state index in [4.69, 9.17) is 10.00 Å². The fraction of sp³-hybridized carbons (Fsp3) is 0.455. The lowest BCUT2D eigenvalue weighted by Gasteiger charge is -2.30. The van der Waals surface area contributed by atoms with Gasteiger partial charge in [0.1, 0.15) is 12.0 Å². The Balaban J connectivity index is 2.21. The Morgan fingerprint density at radius 2 is 2.50 bits per heavy atom. The average Bonchev–Trinajstić information content (AvgIpc) is 2.38. The van der Waals surface area contributed by atoms with Crippen molar-refractivity contribution >= 4 is 11.5 Å². The minimum absolute atomic E-state index is 0.00356. The quantitative estimate of drug-likeness (QED) is 0.573. The lowest BCUT2D eigenvalue weighted by molar-refractivity contribution is -0.385. The van der Waals surface area contributed by atoms with Crippen LogP contribution < -0.4 is 4.90 Å². The number of pyridine rings is 1. The van der Waals surface area contributed by atoms with Crippen molar-refractivity contribution < 1.29 is 9.66 Å². The van der Waals surface area contributed by atoms with Gasteiger partial charge in [-0.1, -0.05) is 0 Å². The fourth-order valence-corrected chi connectivity index (χ4v) is 1.83.